The van der Waals surface area contributed by atoms with Gasteiger partial charge in [-0.1, -0.05) is 0 Å². The van der Waals surface area contributed by atoms with E-state index in [1.807, 2.05) is 0 Å². The second-order valence-corrected chi connectivity index (χ2v) is 1.05. The highest BCUT2D eigenvalue weighted by molar-refractivity contribution is 4.98. The van der Waals surface area contributed by atoms with E-state index < -0.39 is 0 Å². The average molecular weight is 95.1 g/mol. The smallest absolute Gasteiger partial charge is 0.114 e. The Labute approximate surface area is 40.7 Å². The van der Waals surface area contributed by atoms with Crippen molar-refractivity contribution >= 4 is 0 Å². The van der Waals surface area contributed by atoms with Gasteiger partial charge < -0.3 is 5.11 Å². The molecular weight excluding hydrogens is 92.1 g/mol. The van der Waals surface area contributed by atoms with Gasteiger partial charge in [-0.2, -0.15) is 0 Å². The molecule has 0 radical (unpaired) electrons. The molecule has 0 unspecified atom stereocenters. The normalized spacial score (nSPS) is 8.57. The Morgan fingerprint density at radius 2 is 2.43 bits per heavy atom. The van der Waals surface area contributed by atoms with Crippen molar-refractivity contribution in [3.05, 3.63) is 18.6 Å². The first kappa shape index (κ1) is 4.05. The fraction of sp³-hybridized carbons (Fsp3) is 0. The molecule has 0 aromatic carbocycles. The summed E-state index contributed by atoms with van der Waals surface area (Å²) in [6.07, 6.45) is 2.64. The van der Waals surface area contributed by atoms with Crippen LogP contribution in [0.1, 0.15) is 0 Å². The SMILES string of the molecule is [O-]c1ccncn1. The Balaban J connectivity index is 3.02. The van der Waals surface area contributed by atoms with E-state index in [4.69, 9.17) is 0 Å². The summed E-state index contributed by atoms with van der Waals surface area (Å²) in [6, 6.07) is 1.31. The van der Waals surface area contributed by atoms with Gasteiger partial charge in [0, 0.05) is 6.20 Å². The van der Waals surface area contributed by atoms with Gasteiger partial charge in [0.1, 0.15) is 6.33 Å². The van der Waals surface area contributed by atoms with Crippen molar-refractivity contribution in [2.45, 2.75) is 0 Å². The van der Waals surface area contributed by atoms with Crippen LogP contribution in [0.25, 0.3) is 0 Å². The molecule has 3 nitrogen and oxygen atoms in total. The van der Waals surface area contributed by atoms with Gasteiger partial charge in [-0.25, -0.2) is 4.98 Å². The molecule has 0 aliphatic carbocycles. The molecule has 3 heteroatoms. The van der Waals surface area contributed by atoms with Crippen LogP contribution in [-0.2, 0) is 0 Å². The van der Waals surface area contributed by atoms with Crippen LogP contribution in [0.3, 0.4) is 0 Å². The van der Waals surface area contributed by atoms with Crippen LogP contribution in [0.15, 0.2) is 18.6 Å². The molecule has 0 saturated carbocycles. The van der Waals surface area contributed by atoms with Crippen LogP contribution in [-0.4, -0.2) is 9.97 Å². The Morgan fingerprint density at radius 1 is 1.57 bits per heavy atom. The highest BCUT2D eigenvalue weighted by atomic mass is 16.3. The number of aromatic nitrogens is 2. The quantitative estimate of drug-likeness (QED) is 0.438. The maximum atomic E-state index is 10.1. The molecule has 7 heavy (non-hydrogen) atoms. The van der Waals surface area contributed by atoms with E-state index in [0.29, 0.717) is 0 Å². The predicted octanol–water partition coefficient (Wildman–Crippen LogP) is -0.450. The van der Waals surface area contributed by atoms with Crippen LogP contribution < -0.4 is 5.11 Å². The Hall–Kier alpha value is -1.12. The molecule has 1 aromatic rings. The van der Waals surface area contributed by atoms with Gasteiger partial charge in [-0.15, -0.1) is 0 Å². The summed E-state index contributed by atoms with van der Waals surface area (Å²) >= 11 is 0. The molecule has 0 spiro atoms. The Bertz CT molecular complexity index is 140. The van der Waals surface area contributed by atoms with E-state index in [9.17, 15) is 5.11 Å². The second kappa shape index (κ2) is 1.55. The summed E-state index contributed by atoms with van der Waals surface area (Å²) in [7, 11) is 0. The molecule has 0 aliphatic rings. The third kappa shape index (κ3) is 0.855. The minimum atomic E-state index is -0.241. The molecule has 0 bridgehead atoms. The first-order valence-corrected chi connectivity index (χ1v) is 1.82. The molecule has 1 aromatic heterocycles. The number of rotatable bonds is 0. The molecule has 0 aliphatic heterocycles. The lowest BCUT2D eigenvalue weighted by molar-refractivity contribution is -0.275. The fourth-order valence-corrected chi connectivity index (χ4v) is 0.279. The zero-order chi connectivity index (χ0) is 5.11. The van der Waals surface area contributed by atoms with Crippen molar-refractivity contribution < 1.29 is 5.11 Å². The van der Waals surface area contributed by atoms with Gasteiger partial charge in [0.05, 0.1) is 0 Å². The number of nitrogens with zero attached hydrogens (tertiary/aromatic N) is 2. The van der Waals surface area contributed by atoms with E-state index in [0.717, 1.165) is 0 Å². The standard InChI is InChI=1S/C4H4N2O/c7-4-1-2-5-3-6-4/h1-3H,(H,5,6,7)/p-1. The van der Waals surface area contributed by atoms with E-state index in [2.05, 4.69) is 9.97 Å². The van der Waals surface area contributed by atoms with Gasteiger partial charge in [-0.3, -0.25) is 4.98 Å². The molecule has 36 valence electrons. The largest absolute Gasteiger partial charge is 0.859 e. The summed E-state index contributed by atoms with van der Waals surface area (Å²) < 4.78 is 0. The summed E-state index contributed by atoms with van der Waals surface area (Å²) in [5.74, 6) is -0.241. The molecule has 0 amide bonds. The summed E-state index contributed by atoms with van der Waals surface area (Å²) in [5.41, 5.74) is 0. The van der Waals surface area contributed by atoms with Crippen LogP contribution in [0, 0.1) is 0 Å². The lowest BCUT2D eigenvalue weighted by Crippen LogP contribution is -1.91. The van der Waals surface area contributed by atoms with Gasteiger partial charge in [-0.05, 0) is 11.9 Å². The average Bonchev–Trinajstić information content (AvgIpc) is 1.69. The van der Waals surface area contributed by atoms with Crippen LogP contribution in [0.5, 0.6) is 5.88 Å². The third-order valence-corrected chi connectivity index (χ3v) is 0.555. The molecule has 0 saturated heterocycles. The summed E-state index contributed by atoms with van der Waals surface area (Å²) in [5, 5.41) is 10.1. The van der Waals surface area contributed by atoms with Crippen molar-refractivity contribution in [1.29, 1.82) is 0 Å². The lowest BCUT2D eigenvalue weighted by Gasteiger charge is -1.96. The maximum Gasteiger partial charge on any atom is 0.114 e. The highest BCUT2D eigenvalue weighted by Gasteiger charge is 1.66. The molecule has 0 fully saturated rings. The lowest BCUT2D eigenvalue weighted by atomic mass is 10.7. The molecule has 1 heterocycles. The van der Waals surface area contributed by atoms with Crippen molar-refractivity contribution in [1.82, 2.24) is 9.97 Å². The first-order valence-electron chi connectivity index (χ1n) is 1.82. The monoisotopic (exact) mass is 95.0 g/mol. The van der Waals surface area contributed by atoms with Crippen LogP contribution in [0.4, 0.5) is 0 Å². The topological polar surface area (TPSA) is 48.8 Å². The van der Waals surface area contributed by atoms with Crippen molar-refractivity contribution in [2.75, 3.05) is 0 Å². The zero-order valence-electron chi connectivity index (χ0n) is 3.53. The van der Waals surface area contributed by atoms with Gasteiger partial charge in [0.15, 0.2) is 0 Å². The minimum absolute atomic E-state index is 0.241. The van der Waals surface area contributed by atoms with E-state index in [1.165, 1.54) is 18.6 Å². The second-order valence-electron chi connectivity index (χ2n) is 1.05. The van der Waals surface area contributed by atoms with Crippen molar-refractivity contribution in [2.24, 2.45) is 0 Å². The van der Waals surface area contributed by atoms with E-state index >= 15 is 0 Å². The zero-order valence-corrected chi connectivity index (χ0v) is 3.53. The number of hydrogen-bond donors (Lipinski definition) is 0. The molecule has 0 atom stereocenters. The molecule has 1 rings (SSSR count). The van der Waals surface area contributed by atoms with Crippen molar-refractivity contribution in [3.63, 3.8) is 0 Å². The first-order chi connectivity index (χ1) is 3.39. The summed E-state index contributed by atoms with van der Waals surface area (Å²) in [4.78, 5) is 6.85. The van der Waals surface area contributed by atoms with Crippen LogP contribution in [0.2, 0.25) is 0 Å². The Kier molecular flexibility index (Phi) is 0.898. The minimum Gasteiger partial charge on any atom is -0.859 e. The Morgan fingerprint density at radius 3 is 2.71 bits per heavy atom. The summed E-state index contributed by atoms with van der Waals surface area (Å²) in [6.45, 7) is 0. The van der Waals surface area contributed by atoms with Crippen molar-refractivity contribution in [3.8, 4) is 5.88 Å². The van der Waals surface area contributed by atoms with E-state index in [1.54, 1.807) is 0 Å². The van der Waals surface area contributed by atoms with Gasteiger partial charge >= 0.3 is 0 Å². The van der Waals surface area contributed by atoms with Gasteiger partial charge in [0.25, 0.3) is 0 Å². The van der Waals surface area contributed by atoms with Crippen LogP contribution >= 0.6 is 0 Å². The molecule has 0 N–H and O–H groups in total. The number of hydrogen-bond acceptors (Lipinski definition) is 3. The highest BCUT2D eigenvalue weighted by Crippen LogP contribution is 1.88. The van der Waals surface area contributed by atoms with Gasteiger partial charge in [0.2, 0.25) is 0 Å². The third-order valence-electron chi connectivity index (χ3n) is 0.555. The van der Waals surface area contributed by atoms with E-state index in [-0.39, 0.29) is 5.88 Å². The maximum absolute atomic E-state index is 10.1. The fourth-order valence-electron chi connectivity index (χ4n) is 0.279. The predicted molar refractivity (Wildman–Crippen MR) is 21.5 cm³/mol. The molecular formula is C4H3N2O-.